The van der Waals surface area contributed by atoms with Crippen molar-refractivity contribution in [1.29, 1.82) is 0 Å². The number of benzene rings is 2. The molecule has 2 aromatic rings. The van der Waals surface area contributed by atoms with Gasteiger partial charge >= 0.3 is 157 Å². The van der Waals surface area contributed by atoms with Crippen molar-refractivity contribution in [2.24, 2.45) is 4.99 Å². The quantitative estimate of drug-likeness (QED) is 0.364. The van der Waals surface area contributed by atoms with E-state index < -0.39 is 0 Å². The molecule has 0 spiro atoms. The first kappa shape index (κ1) is 19.4. The van der Waals surface area contributed by atoms with Crippen LogP contribution in [0.2, 0.25) is 4.82 Å². The van der Waals surface area contributed by atoms with Gasteiger partial charge in [-0.3, -0.25) is 0 Å². The van der Waals surface area contributed by atoms with Crippen molar-refractivity contribution in [2.75, 3.05) is 6.61 Å². The SMILES string of the molecule is CCCC([Se]c1ccccc1)C(=NCc1ccccc1)C(=O)OCC. The second kappa shape index (κ2) is 10.9. The van der Waals surface area contributed by atoms with Crippen LogP contribution in [0.15, 0.2) is 65.7 Å². The third-order valence-corrected chi connectivity index (χ3v) is 6.34. The summed E-state index contributed by atoms with van der Waals surface area (Å²) in [5.74, 6) is -0.269. The van der Waals surface area contributed by atoms with E-state index in [1.165, 1.54) is 4.46 Å². The second-order valence-corrected chi connectivity index (χ2v) is 8.29. The molecule has 2 aromatic carbocycles. The number of hydrogen-bond donors (Lipinski definition) is 0. The summed E-state index contributed by atoms with van der Waals surface area (Å²) in [6, 6.07) is 20.4. The molecule has 0 aliphatic rings. The Bertz CT molecular complexity index is 671. The molecule has 0 aliphatic carbocycles. The molecule has 0 aliphatic heterocycles. The van der Waals surface area contributed by atoms with E-state index in [0.717, 1.165) is 18.4 Å². The molecule has 3 nitrogen and oxygen atoms in total. The zero-order chi connectivity index (χ0) is 17.9. The molecule has 1 unspecified atom stereocenters. The van der Waals surface area contributed by atoms with Crippen LogP contribution < -0.4 is 4.46 Å². The standard InChI is InChI=1S/C21H25NO2Se/c1-3-11-19(25-18-14-9-6-10-15-18)20(21(23)24-4-2)22-16-17-12-7-5-8-13-17/h5-10,12-15,19H,3-4,11,16H2,1-2H3. The maximum atomic E-state index is 12.5. The van der Waals surface area contributed by atoms with Crippen molar-refractivity contribution >= 4 is 31.1 Å². The number of carbonyl (C=O) groups excluding carboxylic acids is 1. The summed E-state index contributed by atoms with van der Waals surface area (Å²) < 4.78 is 6.58. The van der Waals surface area contributed by atoms with E-state index in [4.69, 9.17) is 4.74 Å². The Hall–Kier alpha value is -1.90. The molecular weight excluding hydrogens is 377 g/mol. The van der Waals surface area contributed by atoms with Gasteiger partial charge in [0.15, 0.2) is 0 Å². The molecule has 0 N–H and O–H groups in total. The predicted octanol–water partition coefficient (Wildman–Crippen LogP) is 3.81. The van der Waals surface area contributed by atoms with Crippen molar-refractivity contribution in [3.8, 4) is 0 Å². The Kier molecular flexibility index (Phi) is 8.44. The molecule has 0 fully saturated rings. The van der Waals surface area contributed by atoms with E-state index in [1.807, 2.05) is 55.5 Å². The van der Waals surface area contributed by atoms with Gasteiger partial charge in [-0.25, -0.2) is 0 Å². The Morgan fingerprint density at radius 3 is 2.28 bits per heavy atom. The summed E-state index contributed by atoms with van der Waals surface area (Å²) in [5, 5.41) is 0. The number of ether oxygens (including phenoxy) is 1. The van der Waals surface area contributed by atoms with Gasteiger partial charge in [-0.2, -0.15) is 0 Å². The summed E-state index contributed by atoms with van der Waals surface area (Å²) in [6.45, 7) is 4.87. The summed E-state index contributed by atoms with van der Waals surface area (Å²) >= 11 is 0.152. The van der Waals surface area contributed by atoms with Crippen LogP contribution in [0.5, 0.6) is 0 Å². The number of esters is 1. The van der Waals surface area contributed by atoms with Crippen molar-refractivity contribution in [1.82, 2.24) is 0 Å². The molecule has 4 heteroatoms. The molecule has 0 amide bonds. The van der Waals surface area contributed by atoms with Gasteiger partial charge in [0.1, 0.15) is 0 Å². The van der Waals surface area contributed by atoms with Crippen molar-refractivity contribution in [2.45, 2.75) is 38.1 Å². The molecule has 132 valence electrons. The fourth-order valence-corrected chi connectivity index (χ4v) is 5.12. The molecule has 25 heavy (non-hydrogen) atoms. The van der Waals surface area contributed by atoms with E-state index in [1.54, 1.807) is 0 Å². The molecule has 0 heterocycles. The van der Waals surface area contributed by atoms with E-state index in [2.05, 4.69) is 24.0 Å². The van der Waals surface area contributed by atoms with Gasteiger partial charge in [0.2, 0.25) is 0 Å². The zero-order valence-electron chi connectivity index (χ0n) is 14.9. The Labute approximate surface area is 156 Å². The fourth-order valence-electron chi connectivity index (χ4n) is 2.44. The molecule has 1 atom stereocenters. The normalized spacial score (nSPS) is 12.6. The van der Waals surface area contributed by atoms with Crippen LogP contribution in [-0.4, -0.2) is 33.2 Å². The van der Waals surface area contributed by atoms with E-state index in [-0.39, 0.29) is 25.7 Å². The maximum absolute atomic E-state index is 12.5. The van der Waals surface area contributed by atoms with E-state index in [9.17, 15) is 4.79 Å². The van der Waals surface area contributed by atoms with Gasteiger partial charge in [0.05, 0.1) is 0 Å². The molecule has 0 saturated heterocycles. The van der Waals surface area contributed by atoms with Crippen LogP contribution in [0.3, 0.4) is 0 Å². The molecule has 0 radical (unpaired) electrons. The third-order valence-electron chi connectivity index (χ3n) is 3.64. The Morgan fingerprint density at radius 1 is 1.04 bits per heavy atom. The number of aliphatic imine (C=N–C) groups is 1. The molecular formula is C21H25NO2Se. The van der Waals surface area contributed by atoms with Crippen LogP contribution >= 0.6 is 0 Å². The average Bonchev–Trinajstić information content (AvgIpc) is 2.64. The van der Waals surface area contributed by atoms with Crippen LogP contribution in [0.25, 0.3) is 0 Å². The molecule has 0 saturated carbocycles. The van der Waals surface area contributed by atoms with Gasteiger partial charge < -0.3 is 0 Å². The minimum absolute atomic E-state index is 0.141. The van der Waals surface area contributed by atoms with Crippen LogP contribution in [0.4, 0.5) is 0 Å². The average molecular weight is 402 g/mol. The Balaban J connectivity index is 2.24. The molecule has 0 aromatic heterocycles. The van der Waals surface area contributed by atoms with Gasteiger partial charge in [-0.15, -0.1) is 0 Å². The third kappa shape index (κ3) is 6.49. The van der Waals surface area contributed by atoms with E-state index >= 15 is 0 Å². The number of rotatable bonds is 9. The molecule has 2 rings (SSSR count). The van der Waals surface area contributed by atoms with Crippen LogP contribution in [0, 0.1) is 0 Å². The van der Waals surface area contributed by atoms with Crippen LogP contribution in [-0.2, 0) is 16.1 Å². The topological polar surface area (TPSA) is 38.7 Å². The van der Waals surface area contributed by atoms with Gasteiger partial charge in [0, 0.05) is 0 Å². The second-order valence-electron chi connectivity index (χ2n) is 5.62. The first-order valence-corrected chi connectivity index (χ1v) is 10.6. The summed E-state index contributed by atoms with van der Waals surface area (Å²) in [5.41, 5.74) is 1.70. The first-order chi connectivity index (χ1) is 12.2. The summed E-state index contributed by atoms with van der Waals surface area (Å²) in [7, 11) is 0. The van der Waals surface area contributed by atoms with Crippen molar-refractivity contribution < 1.29 is 9.53 Å². The van der Waals surface area contributed by atoms with Crippen molar-refractivity contribution in [3.05, 3.63) is 66.2 Å². The Morgan fingerprint density at radius 2 is 1.68 bits per heavy atom. The number of carbonyl (C=O) groups is 1. The minimum atomic E-state index is -0.269. The predicted molar refractivity (Wildman–Crippen MR) is 105 cm³/mol. The van der Waals surface area contributed by atoms with Gasteiger partial charge in [-0.05, 0) is 0 Å². The first-order valence-electron chi connectivity index (χ1n) is 8.71. The van der Waals surface area contributed by atoms with Gasteiger partial charge in [0.25, 0.3) is 0 Å². The number of nitrogens with zero attached hydrogens (tertiary/aromatic N) is 1. The van der Waals surface area contributed by atoms with E-state index in [0.29, 0.717) is 18.9 Å². The number of hydrogen-bond acceptors (Lipinski definition) is 3. The fraction of sp³-hybridized carbons (Fsp3) is 0.333. The zero-order valence-corrected chi connectivity index (χ0v) is 16.6. The van der Waals surface area contributed by atoms with Gasteiger partial charge in [-0.1, -0.05) is 0 Å². The summed E-state index contributed by atoms with van der Waals surface area (Å²) in [6.07, 6.45) is 1.96. The molecule has 0 bridgehead atoms. The van der Waals surface area contributed by atoms with Crippen molar-refractivity contribution in [3.63, 3.8) is 0 Å². The summed E-state index contributed by atoms with van der Waals surface area (Å²) in [4.78, 5) is 17.4. The van der Waals surface area contributed by atoms with Crippen LogP contribution in [0.1, 0.15) is 32.3 Å². The monoisotopic (exact) mass is 403 g/mol.